The topological polar surface area (TPSA) is 71.4 Å². The predicted octanol–water partition coefficient (Wildman–Crippen LogP) is 1.95. The molecule has 1 aromatic rings. The van der Waals surface area contributed by atoms with Crippen LogP contribution in [0.3, 0.4) is 0 Å². The standard InChI is InChI=1S/C13H12O4/c1-9(14)8-12(15)7-4-10-2-5-11(6-3-10)13(16)17/h2-7H,8H2,1H3,(H,16,17). The first-order chi connectivity index (χ1) is 7.99. The van der Waals surface area contributed by atoms with Crippen LogP contribution in [0.15, 0.2) is 30.3 Å². The molecular weight excluding hydrogens is 220 g/mol. The maximum Gasteiger partial charge on any atom is 0.335 e. The fraction of sp³-hybridized carbons (Fsp3) is 0.154. The molecule has 0 unspecified atom stereocenters. The summed E-state index contributed by atoms with van der Waals surface area (Å²) in [6.07, 6.45) is 2.76. The number of aromatic carboxylic acids is 1. The third-order valence-corrected chi connectivity index (χ3v) is 2.04. The lowest BCUT2D eigenvalue weighted by Crippen LogP contribution is -2.00. The number of rotatable bonds is 5. The van der Waals surface area contributed by atoms with Crippen molar-refractivity contribution in [1.82, 2.24) is 0 Å². The van der Waals surface area contributed by atoms with Gasteiger partial charge in [-0.3, -0.25) is 9.59 Å². The molecule has 1 rings (SSSR count). The molecule has 0 heterocycles. The Morgan fingerprint density at radius 2 is 1.76 bits per heavy atom. The Hall–Kier alpha value is -2.23. The molecule has 0 aromatic heterocycles. The van der Waals surface area contributed by atoms with Gasteiger partial charge in [0, 0.05) is 0 Å². The summed E-state index contributed by atoms with van der Waals surface area (Å²) in [4.78, 5) is 32.5. The lowest BCUT2D eigenvalue weighted by atomic mass is 10.1. The highest BCUT2D eigenvalue weighted by molar-refractivity contribution is 6.05. The first kappa shape index (κ1) is 12.8. The van der Waals surface area contributed by atoms with E-state index in [-0.39, 0.29) is 23.6 Å². The van der Waals surface area contributed by atoms with E-state index in [0.717, 1.165) is 0 Å². The molecule has 0 bridgehead atoms. The molecule has 88 valence electrons. The van der Waals surface area contributed by atoms with Gasteiger partial charge in [0.05, 0.1) is 12.0 Å². The molecule has 0 atom stereocenters. The zero-order chi connectivity index (χ0) is 12.8. The van der Waals surface area contributed by atoms with Gasteiger partial charge in [0.2, 0.25) is 0 Å². The largest absolute Gasteiger partial charge is 0.478 e. The number of carboxylic acids is 1. The summed E-state index contributed by atoms with van der Waals surface area (Å²) in [5.74, 6) is -1.44. The summed E-state index contributed by atoms with van der Waals surface area (Å²) >= 11 is 0. The van der Waals surface area contributed by atoms with E-state index in [9.17, 15) is 14.4 Å². The van der Waals surface area contributed by atoms with Gasteiger partial charge >= 0.3 is 5.97 Å². The second-order valence-corrected chi connectivity index (χ2v) is 3.61. The molecule has 0 amide bonds. The van der Waals surface area contributed by atoms with Crippen molar-refractivity contribution in [3.63, 3.8) is 0 Å². The average molecular weight is 232 g/mol. The van der Waals surface area contributed by atoms with Crippen LogP contribution < -0.4 is 0 Å². The van der Waals surface area contributed by atoms with E-state index in [1.807, 2.05) is 0 Å². The van der Waals surface area contributed by atoms with Crippen LogP contribution in [0.4, 0.5) is 0 Å². The summed E-state index contributed by atoms with van der Waals surface area (Å²) in [5.41, 5.74) is 0.907. The average Bonchev–Trinajstić information content (AvgIpc) is 2.26. The number of hydrogen-bond acceptors (Lipinski definition) is 3. The van der Waals surface area contributed by atoms with Crippen molar-refractivity contribution in [2.45, 2.75) is 13.3 Å². The molecule has 0 aliphatic carbocycles. The van der Waals surface area contributed by atoms with Gasteiger partial charge in [-0.1, -0.05) is 18.2 Å². The molecule has 4 heteroatoms. The fourth-order valence-electron chi connectivity index (χ4n) is 1.23. The van der Waals surface area contributed by atoms with E-state index in [2.05, 4.69) is 0 Å². The number of carboxylic acid groups (broad SMARTS) is 1. The third-order valence-electron chi connectivity index (χ3n) is 2.04. The van der Waals surface area contributed by atoms with Gasteiger partial charge < -0.3 is 5.11 Å². The molecule has 0 fully saturated rings. The van der Waals surface area contributed by atoms with E-state index in [4.69, 9.17) is 5.11 Å². The van der Waals surface area contributed by atoms with Crippen molar-refractivity contribution < 1.29 is 19.5 Å². The minimum atomic E-state index is -0.992. The number of allylic oxidation sites excluding steroid dienone is 1. The van der Waals surface area contributed by atoms with Crippen LogP contribution in [0.5, 0.6) is 0 Å². The quantitative estimate of drug-likeness (QED) is 0.622. The smallest absolute Gasteiger partial charge is 0.335 e. The second-order valence-electron chi connectivity index (χ2n) is 3.61. The maximum atomic E-state index is 11.2. The van der Waals surface area contributed by atoms with Crippen LogP contribution in [0.25, 0.3) is 6.08 Å². The van der Waals surface area contributed by atoms with Crippen molar-refractivity contribution >= 4 is 23.6 Å². The lowest BCUT2D eigenvalue weighted by molar-refractivity contribution is -0.123. The number of carbonyl (C=O) groups is 3. The van der Waals surface area contributed by atoms with Crippen LogP contribution in [0, 0.1) is 0 Å². The monoisotopic (exact) mass is 232 g/mol. The van der Waals surface area contributed by atoms with Gasteiger partial charge in [-0.2, -0.15) is 0 Å². The molecule has 4 nitrogen and oxygen atoms in total. The normalized spacial score (nSPS) is 10.4. The summed E-state index contributed by atoms with van der Waals surface area (Å²) in [6.45, 7) is 1.35. The van der Waals surface area contributed by atoms with Crippen molar-refractivity contribution in [3.05, 3.63) is 41.5 Å². The zero-order valence-corrected chi connectivity index (χ0v) is 9.34. The molecule has 0 aliphatic heterocycles. The Labute approximate surface area is 98.6 Å². The van der Waals surface area contributed by atoms with Crippen molar-refractivity contribution in [2.24, 2.45) is 0 Å². The number of Topliss-reactive ketones (excluding diaryl/α,β-unsaturated/α-hetero) is 1. The van der Waals surface area contributed by atoms with E-state index < -0.39 is 5.97 Å². The van der Waals surface area contributed by atoms with E-state index in [1.54, 1.807) is 18.2 Å². The molecule has 0 spiro atoms. The Morgan fingerprint density at radius 1 is 1.18 bits per heavy atom. The number of carbonyl (C=O) groups excluding carboxylic acids is 2. The Balaban J connectivity index is 2.69. The molecule has 1 aromatic carbocycles. The number of hydrogen-bond donors (Lipinski definition) is 1. The zero-order valence-electron chi connectivity index (χ0n) is 9.34. The Kier molecular flexibility index (Phi) is 4.34. The summed E-state index contributed by atoms with van der Waals surface area (Å²) in [7, 11) is 0. The molecule has 0 radical (unpaired) electrons. The van der Waals surface area contributed by atoms with Crippen molar-refractivity contribution in [1.29, 1.82) is 0 Å². The van der Waals surface area contributed by atoms with Crippen LogP contribution >= 0.6 is 0 Å². The van der Waals surface area contributed by atoms with Gasteiger partial charge in [-0.25, -0.2) is 4.79 Å². The number of benzene rings is 1. The van der Waals surface area contributed by atoms with Crippen LogP contribution in [0.2, 0.25) is 0 Å². The first-order valence-electron chi connectivity index (χ1n) is 5.03. The molecule has 1 N–H and O–H groups in total. The first-order valence-corrected chi connectivity index (χ1v) is 5.03. The van der Waals surface area contributed by atoms with Gasteiger partial charge in [0.25, 0.3) is 0 Å². The third kappa shape index (κ3) is 4.42. The molecule has 0 saturated carbocycles. The second kappa shape index (κ2) is 5.75. The van der Waals surface area contributed by atoms with E-state index in [1.165, 1.54) is 25.1 Å². The molecule has 17 heavy (non-hydrogen) atoms. The molecule has 0 saturated heterocycles. The maximum absolute atomic E-state index is 11.2. The predicted molar refractivity (Wildman–Crippen MR) is 62.7 cm³/mol. The highest BCUT2D eigenvalue weighted by atomic mass is 16.4. The molecule has 0 aliphatic rings. The van der Waals surface area contributed by atoms with Gasteiger partial charge in [0.15, 0.2) is 5.78 Å². The lowest BCUT2D eigenvalue weighted by Gasteiger charge is -1.95. The SMILES string of the molecule is CC(=O)CC(=O)C=Cc1ccc(C(=O)O)cc1. The summed E-state index contributed by atoms with van der Waals surface area (Å²) in [5, 5.41) is 8.68. The van der Waals surface area contributed by atoms with Gasteiger partial charge in [-0.05, 0) is 30.7 Å². The van der Waals surface area contributed by atoms with Crippen molar-refractivity contribution in [3.8, 4) is 0 Å². The molecular formula is C13H12O4. The number of ketones is 2. The Bertz CT molecular complexity index is 469. The van der Waals surface area contributed by atoms with E-state index >= 15 is 0 Å². The van der Waals surface area contributed by atoms with Gasteiger partial charge in [-0.15, -0.1) is 0 Å². The van der Waals surface area contributed by atoms with Crippen LogP contribution in [-0.2, 0) is 9.59 Å². The minimum Gasteiger partial charge on any atom is -0.478 e. The fourth-order valence-corrected chi connectivity index (χ4v) is 1.23. The summed E-state index contributed by atoms with van der Waals surface area (Å²) < 4.78 is 0. The highest BCUT2D eigenvalue weighted by Gasteiger charge is 2.02. The summed E-state index contributed by atoms with van der Waals surface area (Å²) in [6, 6.07) is 6.11. The van der Waals surface area contributed by atoms with Crippen LogP contribution in [0.1, 0.15) is 29.3 Å². The van der Waals surface area contributed by atoms with E-state index in [0.29, 0.717) is 5.56 Å². The van der Waals surface area contributed by atoms with Crippen molar-refractivity contribution in [2.75, 3.05) is 0 Å². The highest BCUT2D eigenvalue weighted by Crippen LogP contribution is 2.06. The minimum absolute atomic E-state index is 0.107. The van der Waals surface area contributed by atoms with Crippen LogP contribution in [-0.4, -0.2) is 22.6 Å². The Morgan fingerprint density at radius 3 is 2.24 bits per heavy atom. The van der Waals surface area contributed by atoms with Gasteiger partial charge in [0.1, 0.15) is 5.78 Å².